The second-order valence-corrected chi connectivity index (χ2v) is 10.0. The lowest BCUT2D eigenvalue weighted by Gasteiger charge is -2.41. The molecule has 4 aliphatic rings. The lowest BCUT2D eigenvalue weighted by atomic mass is 9.62. The van der Waals surface area contributed by atoms with Crippen LogP contribution < -0.4 is 10.6 Å². The number of hydrogen-bond acceptors (Lipinski definition) is 4. The summed E-state index contributed by atoms with van der Waals surface area (Å²) in [6.07, 6.45) is 10.6. The van der Waals surface area contributed by atoms with Gasteiger partial charge in [0.1, 0.15) is 5.00 Å². The number of carboxylic acid groups (broad SMARTS) is 1. The highest BCUT2D eigenvalue weighted by molar-refractivity contribution is 7.16. The number of carboxylic acids is 1. The van der Waals surface area contributed by atoms with Gasteiger partial charge in [0, 0.05) is 10.9 Å². The Morgan fingerprint density at radius 3 is 2.27 bits per heavy atom. The fourth-order valence-electron chi connectivity index (χ4n) is 5.54. The van der Waals surface area contributed by atoms with Crippen LogP contribution in [0.1, 0.15) is 66.2 Å². The van der Waals surface area contributed by atoms with Crippen LogP contribution in [0, 0.1) is 30.6 Å². The second kappa shape index (κ2) is 8.53. The fourth-order valence-corrected chi connectivity index (χ4v) is 6.69. The van der Waals surface area contributed by atoms with Gasteiger partial charge in [0.15, 0.2) is 0 Å². The maximum absolute atomic E-state index is 13.3. The van der Waals surface area contributed by atoms with E-state index in [2.05, 4.69) is 10.6 Å². The summed E-state index contributed by atoms with van der Waals surface area (Å²) in [5, 5.41) is 16.4. The summed E-state index contributed by atoms with van der Waals surface area (Å²) in [5.74, 6) is -2.76. The highest BCUT2D eigenvalue weighted by atomic mass is 32.1. The first-order valence-corrected chi connectivity index (χ1v) is 11.9. The highest BCUT2D eigenvalue weighted by Crippen LogP contribution is 2.46. The summed E-state index contributed by atoms with van der Waals surface area (Å²) in [6.45, 7) is 3.98. The lowest BCUT2D eigenvalue weighted by Crippen LogP contribution is -2.47. The number of hydrogen-bond donors (Lipinski definition) is 3. The van der Waals surface area contributed by atoms with Crippen molar-refractivity contribution in [2.45, 2.75) is 64.8 Å². The van der Waals surface area contributed by atoms with E-state index in [1.165, 1.54) is 11.3 Å². The van der Waals surface area contributed by atoms with Gasteiger partial charge in [-0.25, -0.2) is 0 Å². The molecule has 3 N–H and O–H groups in total. The van der Waals surface area contributed by atoms with Crippen molar-refractivity contribution in [3.05, 3.63) is 28.2 Å². The number of amides is 2. The van der Waals surface area contributed by atoms with E-state index in [0.29, 0.717) is 17.0 Å². The van der Waals surface area contributed by atoms with Gasteiger partial charge in [-0.05, 0) is 56.4 Å². The molecule has 162 valence electrons. The van der Waals surface area contributed by atoms with Crippen molar-refractivity contribution < 1.29 is 19.5 Å². The molecule has 4 aliphatic carbocycles. The van der Waals surface area contributed by atoms with Gasteiger partial charge in [-0.2, -0.15) is 0 Å². The van der Waals surface area contributed by atoms with Crippen LogP contribution >= 0.6 is 11.3 Å². The van der Waals surface area contributed by atoms with Crippen LogP contribution in [0.5, 0.6) is 0 Å². The molecule has 0 aliphatic heterocycles. The Kier molecular flexibility index (Phi) is 6.00. The van der Waals surface area contributed by atoms with Crippen LogP contribution in [0.4, 0.5) is 5.00 Å². The summed E-state index contributed by atoms with van der Waals surface area (Å²) < 4.78 is 0. The molecule has 5 rings (SSSR count). The van der Waals surface area contributed by atoms with Crippen LogP contribution in [0.25, 0.3) is 0 Å². The molecule has 30 heavy (non-hydrogen) atoms. The quantitative estimate of drug-likeness (QED) is 0.591. The van der Waals surface area contributed by atoms with E-state index in [1.54, 1.807) is 0 Å². The molecule has 1 aromatic rings. The van der Waals surface area contributed by atoms with Crippen LogP contribution in [-0.2, 0) is 16.0 Å². The first-order chi connectivity index (χ1) is 14.4. The molecule has 6 nitrogen and oxygen atoms in total. The molecule has 0 aromatic carbocycles. The monoisotopic (exact) mass is 430 g/mol. The Bertz CT molecular complexity index is 884. The number of aliphatic carboxylic acids is 1. The number of anilines is 1. The summed E-state index contributed by atoms with van der Waals surface area (Å²) in [7, 11) is 0. The van der Waals surface area contributed by atoms with Crippen molar-refractivity contribution in [2.24, 2.45) is 23.7 Å². The normalized spacial score (nSPS) is 27.9. The zero-order chi connectivity index (χ0) is 21.4. The molecule has 2 amide bonds. The predicted octanol–water partition coefficient (Wildman–Crippen LogP) is 4.14. The minimum Gasteiger partial charge on any atom is -0.481 e. The molecule has 7 heteroatoms. The number of fused-ring (bicyclic) bond motifs is 2. The second-order valence-electron chi connectivity index (χ2n) is 8.82. The van der Waals surface area contributed by atoms with Crippen LogP contribution in [0.15, 0.2) is 12.2 Å². The Morgan fingerprint density at radius 2 is 1.70 bits per heavy atom. The van der Waals surface area contributed by atoms with Crippen molar-refractivity contribution in [1.82, 2.24) is 5.32 Å². The minimum atomic E-state index is -0.912. The van der Waals surface area contributed by atoms with Gasteiger partial charge in [0.25, 0.3) is 5.91 Å². The van der Waals surface area contributed by atoms with Gasteiger partial charge in [-0.1, -0.05) is 31.9 Å². The van der Waals surface area contributed by atoms with Crippen LogP contribution in [-0.4, -0.2) is 28.9 Å². The number of allylic oxidation sites excluding steroid dienone is 2. The molecule has 2 bridgehead atoms. The molecule has 2 fully saturated rings. The van der Waals surface area contributed by atoms with Gasteiger partial charge in [0.05, 0.1) is 17.4 Å². The van der Waals surface area contributed by atoms with Gasteiger partial charge < -0.3 is 15.7 Å². The largest absolute Gasteiger partial charge is 0.481 e. The van der Waals surface area contributed by atoms with E-state index >= 15 is 0 Å². The van der Waals surface area contributed by atoms with Gasteiger partial charge in [-0.3, -0.25) is 14.4 Å². The highest BCUT2D eigenvalue weighted by Gasteiger charge is 2.48. The average molecular weight is 431 g/mol. The number of nitrogens with one attached hydrogen (secondary N) is 2. The molecule has 0 saturated heterocycles. The van der Waals surface area contributed by atoms with Crippen molar-refractivity contribution in [3.63, 3.8) is 0 Å². The van der Waals surface area contributed by atoms with E-state index in [1.807, 2.05) is 26.0 Å². The maximum Gasteiger partial charge on any atom is 0.307 e. The average Bonchev–Trinajstić information content (AvgIpc) is 3.34. The topological polar surface area (TPSA) is 95.5 Å². The molecular formula is C23H30N2O4S. The Labute approximate surface area is 181 Å². The zero-order valence-electron chi connectivity index (χ0n) is 17.6. The van der Waals surface area contributed by atoms with E-state index in [0.717, 1.165) is 49.0 Å². The van der Waals surface area contributed by atoms with Crippen molar-refractivity contribution in [1.29, 1.82) is 0 Å². The van der Waals surface area contributed by atoms with E-state index in [-0.39, 0.29) is 29.7 Å². The smallest absolute Gasteiger partial charge is 0.307 e. The van der Waals surface area contributed by atoms with E-state index < -0.39 is 17.8 Å². The molecule has 0 spiro atoms. The lowest BCUT2D eigenvalue weighted by molar-refractivity contribution is -0.151. The Balaban J connectivity index is 1.59. The van der Waals surface area contributed by atoms with E-state index in [9.17, 15) is 19.5 Å². The maximum atomic E-state index is 13.3. The summed E-state index contributed by atoms with van der Waals surface area (Å²) >= 11 is 1.42. The van der Waals surface area contributed by atoms with Crippen molar-refractivity contribution in [3.8, 4) is 0 Å². The summed E-state index contributed by atoms with van der Waals surface area (Å²) in [6, 6.07) is 0.196. The van der Waals surface area contributed by atoms with Gasteiger partial charge in [-0.15, -0.1) is 11.3 Å². The standard InChI is InChI=1S/C23H30N2O4S/c1-3-16-12(2)30-22(19(16)21(27)24-15-6-4-5-7-15)25-20(26)17-13-8-10-14(11-9-13)18(17)23(28)29/h8,10,13-15,17-18H,3-7,9,11H2,1-2H3,(H,24,27)(H,25,26)(H,28,29)/t13-,14-,17-,18+/m0/s1. The van der Waals surface area contributed by atoms with Crippen LogP contribution in [0.2, 0.25) is 0 Å². The SMILES string of the molecule is CCc1c(C)sc(NC(=O)[C@@H]2[C@H](C(=O)O)[C@H]3C=C[C@H]2CC3)c1C(=O)NC1CCCC1. The fraction of sp³-hybridized carbons (Fsp3) is 0.609. The first kappa shape index (κ1) is 21.1. The number of thiophene rings is 1. The van der Waals surface area contributed by atoms with Crippen molar-refractivity contribution >= 4 is 34.1 Å². The molecule has 1 aromatic heterocycles. The number of aryl methyl sites for hydroxylation is 1. The third-order valence-electron chi connectivity index (χ3n) is 7.05. The predicted molar refractivity (Wildman–Crippen MR) is 117 cm³/mol. The van der Waals surface area contributed by atoms with E-state index in [4.69, 9.17) is 0 Å². The number of rotatable bonds is 6. The van der Waals surface area contributed by atoms with Crippen molar-refractivity contribution in [2.75, 3.05) is 5.32 Å². The molecule has 2 saturated carbocycles. The number of carbonyl (C=O) groups excluding carboxylic acids is 2. The molecule has 0 radical (unpaired) electrons. The van der Waals surface area contributed by atoms with Gasteiger partial charge in [0.2, 0.25) is 5.91 Å². The third kappa shape index (κ3) is 3.80. The summed E-state index contributed by atoms with van der Waals surface area (Å²) in [5.41, 5.74) is 1.52. The zero-order valence-corrected chi connectivity index (χ0v) is 18.4. The summed E-state index contributed by atoms with van der Waals surface area (Å²) in [4.78, 5) is 39.3. The third-order valence-corrected chi connectivity index (χ3v) is 8.12. The molecule has 0 unspecified atom stereocenters. The minimum absolute atomic E-state index is 0.0569. The Hall–Kier alpha value is -2.15. The number of carbonyl (C=O) groups is 3. The molecule has 4 atom stereocenters. The molecule has 1 heterocycles. The molecular weight excluding hydrogens is 400 g/mol. The Morgan fingerprint density at radius 1 is 1.07 bits per heavy atom. The first-order valence-electron chi connectivity index (χ1n) is 11.1. The van der Waals surface area contributed by atoms with Gasteiger partial charge >= 0.3 is 5.97 Å². The van der Waals surface area contributed by atoms with Crippen LogP contribution in [0.3, 0.4) is 0 Å².